The Bertz CT molecular complexity index is 1460. The molecule has 0 amide bonds. The highest BCUT2D eigenvalue weighted by molar-refractivity contribution is 7.43. The van der Waals surface area contributed by atoms with E-state index in [4.69, 9.17) is 43.1 Å². The average Bonchev–Trinajstić information content (AvgIpc) is 0.914. The van der Waals surface area contributed by atoms with Crippen LogP contribution in [0.5, 0.6) is 0 Å². The van der Waals surface area contributed by atoms with Gasteiger partial charge >= 0.3 is 0 Å². The van der Waals surface area contributed by atoms with Crippen molar-refractivity contribution in [2.24, 2.45) is 0 Å². The molecule has 21 heteroatoms. The molecule has 0 unspecified atom stereocenters. The lowest BCUT2D eigenvalue weighted by Gasteiger charge is -2.39. The van der Waals surface area contributed by atoms with Crippen LogP contribution in [0.2, 0.25) is 0 Å². The second kappa shape index (κ2) is 96.6. The van der Waals surface area contributed by atoms with Gasteiger partial charge < -0.3 is 70.0 Å². The van der Waals surface area contributed by atoms with Crippen molar-refractivity contribution >= 4 is 23.7 Å². The van der Waals surface area contributed by atoms with Gasteiger partial charge in [0.15, 0.2) is 0 Å². The molecule has 0 aliphatic heterocycles. The van der Waals surface area contributed by atoms with Crippen LogP contribution in [0.3, 0.4) is 0 Å². The number of hydrogen-bond donors (Lipinski definition) is 0. The van der Waals surface area contributed by atoms with Gasteiger partial charge in [0.1, 0.15) is 23.7 Å². The molecule has 0 atom stereocenters. The minimum absolute atomic E-state index is 1.35. The molecule has 0 fully saturated rings. The Labute approximate surface area is 733 Å². The molecule has 0 radical (unpaired) electrons. The highest BCUT2D eigenvalue weighted by atomic mass is 31.2. The molecule has 0 saturated carbocycles. The fourth-order valence-electron chi connectivity index (χ4n) is 15.9. The second-order valence-electron chi connectivity index (χ2n) is 35.2. The molecule has 0 spiro atoms. The molecule has 15 nitrogen and oxygen atoms in total. The molecule has 117 heavy (non-hydrogen) atoms. The molecule has 0 aliphatic carbocycles. The minimum Gasteiger partial charge on any atom is -0.786 e. The molecule has 0 aromatic carbocycles. The first-order valence-electron chi connectivity index (χ1n) is 50.7. The number of unbranched alkanes of at least 4 members (excludes halogenated alkanes) is 24. The Hall–Kier alpha value is -0.000000000000000167. The zero-order valence-corrected chi connectivity index (χ0v) is 86.4. The van der Waals surface area contributed by atoms with E-state index in [2.05, 4.69) is 166 Å². The standard InChI is InChI=1S/6C16H36N.3FH2O3P/c6*1-5-9-13-17(14-10-6-2,15-11-7-3)16-12-8-4;3*1-5(2,3)4/h6*5-16H2,1-4H3;3*(H2,2,3,4)/q6*+1;;;/p-6. The Morgan fingerprint density at radius 2 is 0.171 bits per heavy atom. The van der Waals surface area contributed by atoms with Gasteiger partial charge in [-0.05, 0) is 154 Å². The van der Waals surface area contributed by atoms with Crippen molar-refractivity contribution in [3.05, 3.63) is 0 Å². The first kappa shape index (κ1) is 135. The predicted octanol–water partition coefficient (Wildman–Crippen LogP) is 26.4. The van der Waals surface area contributed by atoms with E-state index < -0.39 is 23.7 Å². The Balaban J connectivity index is -0.000000165. The number of halogens is 3. The summed E-state index contributed by atoms with van der Waals surface area (Å²) in [6.07, 6.45) is 66.4. The summed E-state index contributed by atoms with van der Waals surface area (Å²) in [7, 11) is -16.9. The maximum Gasteiger partial charge on any atom is 0.110 e. The van der Waals surface area contributed by atoms with Crippen LogP contribution in [-0.4, -0.2) is 184 Å². The lowest BCUT2D eigenvalue weighted by molar-refractivity contribution is -0.929. The number of hydrogen-bond acceptors (Lipinski definition) is 9. The smallest absolute Gasteiger partial charge is 0.110 e. The van der Waals surface area contributed by atoms with Crippen LogP contribution in [0.25, 0.3) is 0 Å². The molecule has 0 N–H and O–H groups in total. The van der Waals surface area contributed by atoms with Crippen LogP contribution in [0.4, 0.5) is 12.6 Å². The average molecular weight is 1750 g/mol. The van der Waals surface area contributed by atoms with E-state index in [1.807, 2.05) is 0 Å². The van der Waals surface area contributed by atoms with Gasteiger partial charge in [-0.3, -0.25) is 0 Å². The Kier molecular flexibility index (Phi) is 111. The summed E-state index contributed by atoms with van der Waals surface area (Å²) in [6.45, 7) is 90.1. The number of nitrogens with zero attached hydrogens (tertiary/aromatic N) is 6. The van der Waals surface area contributed by atoms with Crippen molar-refractivity contribution < 1.29 is 82.5 Å². The Morgan fingerprint density at radius 3 is 0.197 bits per heavy atom. The largest absolute Gasteiger partial charge is 0.786 e. The van der Waals surface area contributed by atoms with Gasteiger partial charge in [0.05, 0.1) is 157 Å². The maximum absolute atomic E-state index is 10.1. The van der Waals surface area contributed by atoms with Gasteiger partial charge in [-0.1, -0.05) is 320 Å². The first-order chi connectivity index (χ1) is 55.5. The molecule has 0 saturated heterocycles. The molecule has 0 bridgehead atoms. The van der Waals surface area contributed by atoms with Crippen molar-refractivity contribution in [3.8, 4) is 0 Å². The van der Waals surface area contributed by atoms with Gasteiger partial charge in [0.2, 0.25) is 0 Å². The van der Waals surface area contributed by atoms with Gasteiger partial charge in [0, 0.05) is 0 Å². The van der Waals surface area contributed by atoms with Crippen molar-refractivity contribution in [1.82, 2.24) is 0 Å². The lowest BCUT2D eigenvalue weighted by Crippen LogP contribution is -2.50. The van der Waals surface area contributed by atoms with Gasteiger partial charge in [-0.25, -0.2) is 12.6 Å². The summed E-state index contributed by atoms with van der Waals surface area (Å²) in [5, 5.41) is 0. The zero-order valence-electron chi connectivity index (χ0n) is 83.7. The zero-order chi connectivity index (χ0) is 91.4. The number of rotatable bonds is 72. The number of quaternary nitrogens is 6. The predicted molar refractivity (Wildman–Crippen MR) is 502 cm³/mol. The minimum atomic E-state index is -5.64. The molecular formula is C96H216F3N6O9P3. The molecule has 0 aliphatic rings. The second-order valence-corrected chi connectivity index (χ2v) is 37.8. The first-order valence-corrected chi connectivity index (χ1v) is 55.0. The maximum atomic E-state index is 10.1. The van der Waals surface area contributed by atoms with E-state index in [0.29, 0.717) is 0 Å². The van der Waals surface area contributed by atoms with Crippen molar-refractivity contribution in [1.29, 1.82) is 0 Å². The molecular weight excluding hydrogens is 1530 g/mol. The monoisotopic (exact) mass is 1750 g/mol. The van der Waals surface area contributed by atoms with Crippen molar-refractivity contribution in [3.63, 3.8) is 0 Å². The van der Waals surface area contributed by atoms with Crippen molar-refractivity contribution in [2.45, 2.75) is 474 Å². The third-order valence-corrected chi connectivity index (χ3v) is 23.7. The third-order valence-electron chi connectivity index (χ3n) is 23.7. The topological polar surface area (TPSA) is 190 Å². The summed E-state index contributed by atoms with van der Waals surface area (Å²) in [4.78, 5) is 50.6. The van der Waals surface area contributed by atoms with Gasteiger partial charge in [-0.15, -0.1) is 0 Å². The fourth-order valence-corrected chi connectivity index (χ4v) is 15.9. The summed E-state index contributed by atoms with van der Waals surface area (Å²) in [6, 6.07) is 0. The van der Waals surface area contributed by atoms with Gasteiger partial charge in [0.25, 0.3) is 0 Å². The van der Waals surface area contributed by atoms with Crippen LogP contribution in [0, 0.1) is 0 Å². The molecule has 720 valence electrons. The molecule has 0 heterocycles. The molecule has 0 aromatic heterocycles. The summed E-state index contributed by atoms with van der Waals surface area (Å²) in [5.41, 5.74) is 0. The van der Waals surface area contributed by atoms with E-state index in [1.165, 1.54) is 492 Å². The van der Waals surface area contributed by atoms with Gasteiger partial charge in [-0.2, -0.15) is 0 Å². The van der Waals surface area contributed by atoms with E-state index in [-0.39, 0.29) is 0 Å². The van der Waals surface area contributed by atoms with E-state index in [9.17, 15) is 12.6 Å². The van der Waals surface area contributed by atoms with E-state index in [1.54, 1.807) is 0 Å². The van der Waals surface area contributed by atoms with Crippen LogP contribution in [0.15, 0.2) is 0 Å². The van der Waals surface area contributed by atoms with Crippen LogP contribution in [-0.2, 0) is 13.7 Å². The normalized spacial score (nSPS) is 12.0. The third kappa shape index (κ3) is 105. The highest BCUT2D eigenvalue weighted by Gasteiger charge is 2.30. The molecule has 0 aromatic rings. The highest BCUT2D eigenvalue weighted by Crippen LogP contribution is 2.26. The lowest BCUT2D eigenvalue weighted by atomic mass is 10.1. The summed E-state index contributed by atoms with van der Waals surface area (Å²) >= 11 is 0. The fraction of sp³-hybridized carbons (Fsp3) is 1.00. The SMILES string of the molecule is CCCC[N+](CCCC)(CCCC)CCCC.CCCC[N+](CCCC)(CCCC)CCCC.CCCC[N+](CCCC)(CCCC)CCCC.CCCC[N+](CCCC)(CCCC)CCCC.CCCC[N+](CCCC)(CCCC)CCCC.CCCC[N+](CCCC)(CCCC)CCCC.O=P([O-])([O-])F.O=P([O-])([O-])F.O=P([O-])([O-])F. The van der Waals surface area contributed by atoms with Crippen molar-refractivity contribution in [2.75, 3.05) is 157 Å². The van der Waals surface area contributed by atoms with Crippen LogP contribution < -0.4 is 29.4 Å². The summed E-state index contributed by atoms with van der Waals surface area (Å²) < 4.78 is 64.2. The van der Waals surface area contributed by atoms with E-state index in [0.717, 1.165) is 0 Å². The van der Waals surface area contributed by atoms with Crippen LogP contribution in [0.1, 0.15) is 474 Å². The van der Waals surface area contributed by atoms with E-state index >= 15 is 0 Å². The van der Waals surface area contributed by atoms with Crippen LogP contribution >= 0.6 is 23.7 Å². The molecule has 0 rings (SSSR count). The Morgan fingerprint density at radius 1 is 0.137 bits per heavy atom. The summed E-state index contributed by atoms with van der Waals surface area (Å²) in [5.74, 6) is 0. The quantitative estimate of drug-likeness (QED) is 0.0421.